The molecule has 2 rings (SSSR count). The molecule has 0 N–H and O–H groups in total. The SMILES string of the molecule is C=C[CH2-].C=C[CH2-].N#Cc1ccccc1.N#Cc1ccccc1.[I-].[I-].[Pd+2].[Pd+2]. The normalized spacial score (nSPS) is 5.77. The van der Waals surface area contributed by atoms with Gasteiger partial charge in [-0.05, 0) is 24.3 Å². The number of rotatable bonds is 0. The van der Waals surface area contributed by atoms with Crippen molar-refractivity contribution in [1.82, 2.24) is 0 Å². The van der Waals surface area contributed by atoms with Gasteiger partial charge < -0.3 is 48.0 Å². The summed E-state index contributed by atoms with van der Waals surface area (Å²) < 4.78 is 0. The average molecular weight is 755 g/mol. The molecule has 2 aromatic carbocycles. The van der Waals surface area contributed by atoms with Crippen molar-refractivity contribution in [2.45, 2.75) is 0 Å². The van der Waals surface area contributed by atoms with Crippen molar-refractivity contribution in [3.05, 3.63) is 111 Å². The molecular formula is C20H20I2N2Pd2. The van der Waals surface area contributed by atoms with Gasteiger partial charge in [-0.3, -0.25) is 0 Å². The maximum absolute atomic E-state index is 8.29. The van der Waals surface area contributed by atoms with Crippen LogP contribution in [0.25, 0.3) is 0 Å². The molecule has 26 heavy (non-hydrogen) atoms. The smallest absolute Gasteiger partial charge is 1.00 e. The molecule has 2 aromatic rings. The Morgan fingerprint density at radius 2 is 0.846 bits per heavy atom. The van der Waals surface area contributed by atoms with Crippen molar-refractivity contribution >= 4 is 0 Å². The fraction of sp³-hybridized carbons (Fsp3) is 0. The van der Waals surface area contributed by atoms with Crippen LogP contribution in [0, 0.1) is 36.5 Å². The standard InChI is InChI=1S/2C7H5N.2C3H5.2HI.2Pd/c2*8-6-7-4-2-1-3-5-7;2*1-3-2;;;;/h2*1-5H;2*3H,1-2H2;2*1H;;/q;;2*-1;;;2*+2/p-2. The Kier molecular flexibility index (Phi) is 54.9. The second-order valence-electron chi connectivity index (χ2n) is 3.53. The third kappa shape index (κ3) is 31.2. The maximum Gasteiger partial charge on any atom is 2.00 e. The van der Waals surface area contributed by atoms with Crippen molar-refractivity contribution < 1.29 is 88.8 Å². The Hall–Kier alpha value is -0.575. The van der Waals surface area contributed by atoms with Crippen molar-refractivity contribution in [1.29, 1.82) is 10.5 Å². The van der Waals surface area contributed by atoms with E-state index in [0.717, 1.165) is 0 Å². The van der Waals surface area contributed by atoms with Crippen molar-refractivity contribution in [3.8, 4) is 12.1 Å². The zero-order valence-electron chi connectivity index (χ0n) is 14.0. The first-order chi connectivity index (χ1) is 10.7. The molecule has 0 heterocycles. The van der Waals surface area contributed by atoms with Gasteiger partial charge in [-0.25, -0.2) is 39.2 Å². The minimum Gasteiger partial charge on any atom is -1.00 e. The number of hydrogen-bond acceptors (Lipinski definition) is 2. The van der Waals surface area contributed by atoms with E-state index in [9.17, 15) is 0 Å². The fourth-order valence-corrected chi connectivity index (χ4v) is 1.03. The largest absolute Gasteiger partial charge is 2.00 e. The molecule has 0 amide bonds. The van der Waals surface area contributed by atoms with Crippen molar-refractivity contribution in [2.24, 2.45) is 0 Å². The van der Waals surface area contributed by atoms with E-state index in [0.29, 0.717) is 11.1 Å². The summed E-state index contributed by atoms with van der Waals surface area (Å²) in [5, 5.41) is 16.6. The second kappa shape index (κ2) is 35.5. The van der Waals surface area contributed by atoms with E-state index in [1.807, 2.05) is 48.5 Å². The van der Waals surface area contributed by atoms with Crippen LogP contribution in [0.15, 0.2) is 86.0 Å². The predicted molar refractivity (Wildman–Crippen MR) is 93.4 cm³/mol. The van der Waals surface area contributed by atoms with Gasteiger partial charge in [0.25, 0.3) is 0 Å². The fourth-order valence-electron chi connectivity index (χ4n) is 1.03. The first kappa shape index (κ1) is 40.2. The first-order valence-corrected chi connectivity index (χ1v) is 6.40. The molecule has 0 saturated carbocycles. The summed E-state index contributed by atoms with van der Waals surface area (Å²) in [7, 11) is 0. The zero-order valence-corrected chi connectivity index (χ0v) is 21.5. The molecule has 0 aromatic heterocycles. The number of nitriles is 2. The number of nitrogens with zero attached hydrogens (tertiary/aromatic N) is 2. The Morgan fingerprint density at radius 1 is 0.654 bits per heavy atom. The van der Waals surface area contributed by atoms with Gasteiger partial charge in [0.05, 0.1) is 23.3 Å². The zero-order chi connectivity index (χ0) is 17.1. The van der Waals surface area contributed by atoms with Gasteiger partial charge in [0.2, 0.25) is 0 Å². The summed E-state index contributed by atoms with van der Waals surface area (Å²) in [5.41, 5.74) is 1.43. The van der Waals surface area contributed by atoms with Crippen LogP contribution in [0.2, 0.25) is 0 Å². The molecule has 2 nitrogen and oxygen atoms in total. The third-order valence-corrected chi connectivity index (χ3v) is 1.81. The second-order valence-corrected chi connectivity index (χ2v) is 3.53. The number of halogens is 2. The number of allylic oxidation sites excluding steroid dienone is 2. The van der Waals surface area contributed by atoms with E-state index in [1.165, 1.54) is 12.2 Å². The van der Waals surface area contributed by atoms with E-state index < -0.39 is 0 Å². The molecule has 0 spiro atoms. The van der Waals surface area contributed by atoms with Gasteiger partial charge in [0, 0.05) is 0 Å². The summed E-state index contributed by atoms with van der Waals surface area (Å²) in [6, 6.07) is 22.3. The third-order valence-electron chi connectivity index (χ3n) is 1.81. The molecule has 144 valence electrons. The molecule has 0 radical (unpaired) electrons. The van der Waals surface area contributed by atoms with Crippen LogP contribution in [0.5, 0.6) is 0 Å². The quantitative estimate of drug-likeness (QED) is 0.200. The van der Waals surface area contributed by atoms with Crippen LogP contribution < -0.4 is 48.0 Å². The van der Waals surface area contributed by atoms with Gasteiger partial charge in [-0.2, -0.15) is 10.5 Å². The monoisotopic (exact) mass is 754 g/mol. The number of hydrogen-bond donors (Lipinski definition) is 0. The summed E-state index contributed by atoms with van der Waals surface area (Å²) in [4.78, 5) is 0. The van der Waals surface area contributed by atoms with Crippen LogP contribution in [0.1, 0.15) is 11.1 Å². The average Bonchev–Trinajstić information content (AvgIpc) is 2.58. The Morgan fingerprint density at radius 3 is 0.962 bits per heavy atom. The minimum atomic E-state index is 0. The molecule has 0 saturated heterocycles. The summed E-state index contributed by atoms with van der Waals surface area (Å²) in [6.45, 7) is 13.0. The van der Waals surface area contributed by atoms with E-state index in [1.54, 1.807) is 24.3 Å². The molecule has 0 unspecified atom stereocenters. The van der Waals surface area contributed by atoms with Crippen LogP contribution in [-0.4, -0.2) is 0 Å². The molecule has 0 aliphatic carbocycles. The van der Waals surface area contributed by atoms with Gasteiger partial charge >= 0.3 is 40.8 Å². The van der Waals surface area contributed by atoms with E-state index >= 15 is 0 Å². The molecule has 0 bridgehead atoms. The van der Waals surface area contributed by atoms with Crippen molar-refractivity contribution in [3.63, 3.8) is 0 Å². The minimum absolute atomic E-state index is 0. The van der Waals surface area contributed by atoms with Crippen LogP contribution >= 0.6 is 0 Å². The molecular weight excluding hydrogens is 735 g/mol. The Labute approximate surface area is 220 Å². The molecule has 0 atom stereocenters. The Bertz CT molecular complexity index is 537. The van der Waals surface area contributed by atoms with Crippen LogP contribution in [-0.2, 0) is 40.8 Å². The summed E-state index contributed by atoms with van der Waals surface area (Å²) in [6.07, 6.45) is 3.00. The van der Waals surface area contributed by atoms with Gasteiger partial charge in [0.15, 0.2) is 0 Å². The van der Waals surface area contributed by atoms with E-state index in [-0.39, 0.29) is 88.8 Å². The molecule has 0 aliphatic rings. The van der Waals surface area contributed by atoms with E-state index in [4.69, 9.17) is 10.5 Å². The predicted octanol–water partition coefficient (Wildman–Crippen LogP) is -0.867. The first-order valence-electron chi connectivity index (χ1n) is 6.40. The summed E-state index contributed by atoms with van der Waals surface area (Å²) >= 11 is 0. The summed E-state index contributed by atoms with van der Waals surface area (Å²) in [5.74, 6) is 0. The Balaban J connectivity index is -0.0000000531. The van der Waals surface area contributed by atoms with Gasteiger partial charge in [-0.1, -0.05) is 36.4 Å². The van der Waals surface area contributed by atoms with E-state index in [2.05, 4.69) is 27.0 Å². The molecule has 0 fully saturated rings. The van der Waals surface area contributed by atoms with Crippen LogP contribution in [0.3, 0.4) is 0 Å². The molecule has 6 heteroatoms. The topological polar surface area (TPSA) is 47.6 Å². The van der Waals surface area contributed by atoms with Crippen LogP contribution in [0.4, 0.5) is 0 Å². The van der Waals surface area contributed by atoms with Gasteiger partial charge in [0.1, 0.15) is 0 Å². The maximum atomic E-state index is 8.29. The number of benzene rings is 2. The van der Waals surface area contributed by atoms with Crippen molar-refractivity contribution in [2.75, 3.05) is 0 Å². The molecule has 0 aliphatic heterocycles. The van der Waals surface area contributed by atoms with Gasteiger partial charge in [-0.15, -0.1) is 0 Å².